The monoisotopic (exact) mass is 455 g/mol. The highest BCUT2D eigenvalue weighted by Gasteiger charge is 2.26. The molecule has 1 aromatic heterocycles. The van der Waals surface area contributed by atoms with Crippen LogP contribution in [0.5, 0.6) is 0 Å². The van der Waals surface area contributed by atoms with E-state index < -0.39 is 5.91 Å². The Hall–Kier alpha value is -2.64. The van der Waals surface area contributed by atoms with Gasteiger partial charge in [0.1, 0.15) is 5.58 Å². The third-order valence-corrected chi connectivity index (χ3v) is 5.89. The van der Waals surface area contributed by atoms with E-state index in [2.05, 4.69) is 20.8 Å². The van der Waals surface area contributed by atoms with E-state index in [4.69, 9.17) is 10.2 Å². The van der Waals surface area contributed by atoms with Gasteiger partial charge in [-0.05, 0) is 42.8 Å². The highest BCUT2D eigenvalue weighted by atomic mass is 79.9. The first-order chi connectivity index (χ1) is 13.9. The Labute approximate surface area is 177 Å². The van der Waals surface area contributed by atoms with Crippen molar-refractivity contribution >= 4 is 38.7 Å². The number of aryl methyl sites for hydroxylation is 1. The van der Waals surface area contributed by atoms with Crippen molar-refractivity contribution in [3.8, 4) is 0 Å². The number of primary amides is 1. The summed E-state index contributed by atoms with van der Waals surface area (Å²) in [5.41, 5.74) is 8.52. The molecule has 1 aliphatic rings. The van der Waals surface area contributed by atoms with E-state index in [0.717, 1.165) is 46.2 Å². The lowest BCUT2D eigenvalue weighted by molar-refractivity contribution is 0.0599. The zero-order valence-electron chi connectivity index (χ0n) is 16.2. The third kappa shape index (κ3) is 4.06. The number of piperazine rings is 1. The van der Waals surface area contributed by atoms with Crippen molar-refractivity contribution < 1.29 is 14.0 Å². The van der Waals surface area contributed by atoms with Crippen LogP contribution in [0.2, 0.25) is 0 Å². The van der Waals surface area contributed by atoms with Crippen molar-refractivity contribution in [2.75, 3.05) is 26.2 Å². The van der Waals surface area contributed by atoms with Crippen molar-refractivity contribution in [3.63, 3.8) is 0 Å². The third-order valence-electron chi connectivity index (χ3n) is 5.40. The summed E-state index contributed by atoms with van der Waals surface area (Å²) in [6.07, 6.45) is 0. The number of carbonyl (C=O) groups excluding carboxylic acids is 2. The zero-order valence-corrected chi connectivity index (χ0v) is 17.7. The number of hydrogen-bond donors (Lipinski definition) is 1. The second-order valence-corrected chi connectivity index (χ2v) is 8.24. The Morgan fingerprint density at radius 1 is 1.07 bits per heavy atom. The van der Waals surface area contributed by atoms with Crippen molar-refractivity contribution in [3.05, 3.63) is 69.4 Å². The van der Waals surface area contributed by atoms with Crippen LogP contribution in [-0.2, 0) is 6.54 Å². The van der Waals surface area contributed by atoms with Gasteiger partial charge in [0.15, 0.2) is 5.76 Å². The molecule has 0 spiro atoms. The van der Waals surface area contributed by atoms with Crippen molar-refractivity contribution in [1.29, 1.82) is 0 Å². The maximum Gasteiger partial charge on any atom is 0.289 e. The maximum absolute atomic E-state index is 13.0. The molecule has 6 nitrogen and oxygen atoms in total. The summed E-state index contributed by atoms with van der Waals surface area (Å²) in [5, 5.41) is 0.959. The second kappa shape index (κ2) is 8.00. The molecule has 3 aromatic rings. The minimum atomic E-state index is -0.420. The number of nitrogens with two attached hydrogens (primary N) is 1. The fourth-order valence-corrected chi connectivity index (χ4v) is 4.04. The molecule has 2 N–H and O–H groups in total. The molecule has 0 unspecified atom stereocenters. The van der Waals surface area contributed by atoms with Gasteiger partial charge in [0, 0.05) is 53.7 Å². The molecule has 7 heteroatoms. The molecule has 0 bridgehead atoms. The smallest absolute Gasteiger partial charge is 0.289 e. The van der Waals surface area contributed by atoms with E-state index in [1.165, 1.54) is 0 Å². The summed E-state index contributed by atoms with van der Waals surface area (Å²) in [5.74, 6) is -0.0502. The average Bonchev–Trinajstić information content (AvgIpc) is 3.04. The molecule has 4 rings (SSSR count). The predicted molar refractivity (Wildman–Crippen MR) is 115 cm³/mol. The summed E-state index contributed by atoms with van der Waals surface area (Å²) in [6.45, 7) is 5.58. The molecule has 150 valence electrons. The second-order valence-electron chi connectivity index (χ2n) is 7.33. The van der Waals surface area contributed by atoms with Gasteiger partial charge in [-0.1, -0.05) is 28.1 Å². The lowest BCUT2D eigenvalue weighted by Crippen LogP contribution is -2.48. The van der Waals surface area contributed by atoms with Gasteiger partial charge < -0.3 is 15.1 Å². The number of amides is 2. The van der Waals surface area contributed by atoms with Crippen LogP contribution in [0.1, 0.15) is 32.0 Å². The molecule has 1 saturated heterocycles. The highest BCUT2D eigenvalue weighted by Crippen LogP contribution is 2.29. The number of nitrogens with zero attached hydrogens (tertiary/aromatic N) is 2. The molecule has 2 heterocycles. The Bertz CT molecular complexity index is 1070. The van der Waals surface area contributed by atoms with Gasteiger partial charge >= 0.3 is 0 Å². The van der Waals surface area contributed by atoms with Crippen LogP contribution in [0, 0.1) is 6.92 Å². The van der Waals surface area contributed by atoms with Gasteiger partial charge in [-0.3, -0.25) is 14.5 Å². The van der Waals surface area contributed by atoms with E-state index in [9.17, 15) is 9.59 Å². The molecule has 0 atom stereocenters. The minimum absolute atomic E-state index is 0.0553. The standard InChI is InChI=1S/C22H22BrN3O3/c1-14-18-12-17(23)6-7-19(18)29-20(14)22(28)26-10-8-25(9-11-26)13-15-2-4-16(5-3-15)21(24)27/h2-7,12H,8-11,13H2,1H3,(H2,24,27). The fraction of sp³-hybridized carbons (Fsp3) is 0.273. The number of furan rings is 1. The number of rotatable bonds is 4. The number of carbonyl (C=O) groups is 2. The first-order valence-corrected chi connectivity index (χ1v) is 10.3. The number of hydrogen-bond acceptors (Lipinski definition) is 4. The largest absolute Gasteiger partial charge is 0.451 e. The lowest BCUT2D eigenvalue weighted by atomic mass is 10.1. The first kappa shape index (κ1) is 19.7. The lowest BCUT2D eigenvalue weighted by Gasteiger charge is -2.34. The Balaban J connectivity index is 1.40. The van der Waals surface area contributed by atoms with E-state index >= 15 is 0 Å². The Morgan fingerprint density at radius 2 is 1.76 bits per heavy atom. The first-order valence-electron chi connectivity index (χ1n) is 9.51. The van der Waals surface area contributed by atoms with E-state index in [-0.39, 0.29) is 5.91 Å². The van der Waals surface area contributed by atoms with Crippen LogP contribution < -0.4 is 5.73 Å². The molecule has 1 aliphatic heterocycles. The van der Waals surface area contributed by atoms with E-state index in [1.54, 1.807) is 12.1 Å². The van der Waals surface area contributed by atoms with Gasteiger partial charge in [0.05, 0.1) is 0 Å². The molecule has 2 aromatic carbocycles. The molecule has 0 aliphatic carbocycles. The number of halogens is 1. The molecule has 0 radical (unpaired) electrons. The summed E-state index contributed by atoms with van der Waals surface area (Å²) in [7, 11) is 0. The Kier molecular flexibility index (Phi) is 5.43. The average molecular weight is 456 g/mol. The molecular weight excluding hydrogens is 434 g/mol. The minimum Gasteiger partial charge on any atom is -0.451 e. The van der Waals surface area contributed by atoms with Gasteiger partial charge in [0.2, 0.25) is 5.91 Å². The van der Waals surface area contributed by atoms with E-state index in [0.29, 0.717) is 24.4 Å². The van der Waals surface area contributed by atoms with Crippen molar-refractivity contribution in [1.82, 2.24) is 9.80 Å². The predicted octanol–water partition coefficient (Wildman–Crippen LogP) is 3.56. The zero-order chi connectivity index (χ0) is 20.5. The van der Waals surface area contributed by atoms with Crippen molar-refractivity contribution in [2.24, 2.45) is 5.73 Å². The van der Waals surface area contributed by atoms with Gasteiger partial charge in [0.25, 0.3) is 5.91 Å². The molecule has 2 amide bonds. The molecule has 0 saturated carbocycles. The van der Waals surface area contributed by atoms with Gasteiger partial charge in [-0.15, -0.1) is 0 Å². The molecule has 1 fully saturated rings. The number of fused-ring (bicyclic) bond motifs is 1. The van der Waals surface area contributed by atoms with Crippen LogP contribution in [-0.4, -0.2) is 47.8 Å². The fourth-order valence-electron chi connectivity index (χ4n) is 3.68. The maximum atomic E-state index is 13.0. The Morgan fingerprint density at radius 3 is 2.41 bits per heavy atom. The van der Waals surface area contributed by atoms with Crippen LogP contribution in [0.15, 0.2) is 51.4 Å². The summed E-state index contributed by atoms with van der Waals surface area (Å²) in [4.78, 5) is 28.3. The van der Waals surface area contributed by atoms with Crippen LogP contribution >= 0.6 is 15.9 Å². The summed E-state index contributed by atoms with van der Waals surface area (Å²) < 4.78 is 6.82. The summed E-state index contributed by atoms with van der Waals surface area (Å²) in [6, 6.07) is 13.1. The van der Waals surface area contributed by atoms with E-state index in [1.807, 2.05) is 42.2 Å². The topological polar surface area (TPSA) is 79.8 Å². The van der Waals surface area contributed by atoms with Gasteiger partial charge in [-0.25, -0.2) is 0 Å². The highest BCUT2D eigenvalue weighted by molar-refractivity contribution is 9.10. The van der Waals surface area contributed by atoms with Crippen molar-refractivity contribution in [2.45, 2.75) is 13.5 Å². The quantitative estimate of drug-likeness (QED) is 0.651. The number of benzene rings is 2. The molecular formula is C22H22BrN3O3. The van der Waals surface area contributed by atoms with Crippen LogP contribution in [0.25, 0.3) is 11.0 Å². The van der Waals surface area contributed by atoms with Gasteiger partial charge in [-0.2, -0.15) is 0 Å². The molecule has 29 heavy (non-hydrogen) atoms. The SMILES string of the molecule is Cc1c(C(=O)N2CCN(Cc3ccc(C(N)=O)cc3)CC2)oc2ccc(Br)cc12. The van der Waals surface area contributed by atoms with Crippen LogP contribution in [0.4, 0.5) is 0 Å². The van der Waals surface area contributed by atoms with Crippen LogP contribution in [0.3, 0.4) is 0 Å². The normalized spacial score (nSPS) is 15.0. The summed E-state index contributed by atoms with van der Waals surface area (Å²) >= 11 is 3.47.